The van der Waals surface area contributed by atoms with Gasteiger partial charge < -0.3 is 0 Å². The molecule has 1 heteroatoms. The van der Waals surface area contributed by atoms with Crippen molar-refractivity contribution in [3.63, 3.8) is 0 Å². The molecular weight excluding hydrogens is 230 g/mol. The minimum Gasteiger partial charge on any atom is -0.289 e. The van der Waals surface area contributed by atoms with Gasteiger partial charge in [0.05, 0.1) is 0 Å². The monoisotopic (exact) mass is 257 g/mol. The largest absolute Gasteiger partial charge is 0.289 e. The summed E-state index contributed by atoms with van der Waals surface area (Å²) in [6, 6.07) is 8.49. The molecule has 0 spiro atoms. The second-order valence-corrected chi connectivity index (χ2v) is 6.55. The number of aliphatic imine (C=N–C) groups is 1. The summed E-state index contributed by atoms with van der Waals surface area (Å²) in [5.41, 5.74) is 4.92. The van der Waals surface area contributed by atoms with E-state index in [9.17, 15) is 0 Å². The van der Waals surface area contributed by atoms with Gasteiger partial charge in [-0.05, 0) is 36.3 Å². The van der Waals surface area contributed by atoms with Crippen LogP contribution in [0.15, 0.2) is 35.8 Å². The molecule has 19 heavy (non-hydrogen) atoms. The average molecular weight is 257 g/mol. The van der Waals surface area contributed by atoms with E-state index in [1.807, 2.05) is 6.92 Å². The number of benzene rings is 1. The number of rotatable bonds is 4. The van der Waals surface area contributed by atoms with Gasteiger partial charge in [-0.15, -0.1) is 0 Å². The molecule has 0 radical (unpaired) electrons. The third-order valence-electron chi connectivity index (χ3n) is 3.88. The minimum absolute atomic E-state index is 0.313. The molecule has 1 aromatic rings. The lowest BCUT2D eigenvalue weighted by Crippen LogP contribution is -2.20. The fourth-order valence-electron chi connectivity index (χ4n) is 1.63. The summed E-state index contributed by atoms with van der Waals surface area (Å²) in [6.07, 6.45) is 0. The van der Waals surface area contributed by atoms with Gasteiger partial charge in [0.1, 0.15) is 0 Å². The Labute approximate surface area is 118 Å². The SMILES string of the molecule is C=C(C)c1ccc(C(C)=NCC(C)C(C)(C)C)cc1. The van der Waals surface area contributed by atoms with E-state index in [1.54, 1.807) is 0 Å². The quantitative estimate of drug-likeness (QED) is 0.656. The normalized spacial score (nSPS) is 14.3. The van der Waals surface area contributed by atoms with Crippen molar-refractivity contribution in [2.75, 3.05) is 6.54 Å². The Hall–Kier alpha value is -1.37. The fourth-order valence-corrected chi connectivity index (χ4v) is 1.63. The van der Waals surface area contributed by atoms with Crippen molar-refractivity contribution in [1.82, 2.24) is 0 Å². The molecule has 1 aromatic carbocycles. The van der Waals surface area contributed by atoms with Gasteiger partial charge in [0, 0.05) is 12.3 Å². The first-order valence-corrected chi connectivity index (χ1v) is 6.99. The molecule has 104 valence electrons. The van der Waals surface area contributed by atoms with Gasteiger partial charge in [0.2, 0.25) is 0 Å². The van der Waals surface area contributed by atoms with Gasteiger partial charge in [-0.1, -0.05) is 64.1 Å². The highest BCUT2D eigenvalue weighted by atomic mass is 14.7. The van der Waals surface area contributed by atoms with Gasteiger partial charge in [-0.3, -0.25) is 4.99 Å². The Morgan fingerprint density at radius 3 is 2.00 bits per heavy atom. The average Bonchev–Trinajstić information content (AvgIpc) is 2.34. The molecule has 0 bridgehead atoms. The van der Waals surface area contributed by atoms with Gasteiger partial charge in [-0.25, -0.2) is 0 Å². The molecule has 0 heterocycles. The maximum Gasteiger partial charge on any atom is 0.0423 e. The van der Waals surface area contributed by atoms with Crippen LogP contribution in [0.3, 0.4) is 0 Å². The van der Waals surface area contributed by atoms with Crippen LogP contribution in [0.4, 0.5) is 0 Å². The van der Waals surface area contributed by atoms with Crippen molar-refractivity contribution in [1.29, 1.82) is 0 Å². The smallest absolute Gasteiger partial charge is 0.0423 e. The first-order chi connectivity index (χ1) is 8.71. The van der Waals surface area contributed by atoms with Crippen LogP contribution in [0.25, 0.3) is 5.57 Å². The Balaban J connectivity index is 2.77. The van der Waals surface area contributed by atoms with Crippen LogP contribution in [0.5, 0.6) is 0 Å². The van der Waals surface area contributed by atoms with Crippen molar-refractivity contribution in [3.05, 3.63) is 42.0 Å². The predicted octanol–water partition coefficient (Wildman–Crippen LogP) is 5.21. The molecule has 0 amide bonds. The zero-order valence-electron chi connectivity index (χ0n) is 13.2. The van der Waals surface area contributed by atoms with Crippen LogP contribution < -0.4 is 0 Å². The van der Waals surface area contributed by atoms with E-state index in [0.717, 1.165) is 17.8 Å². The topological polar surface area (TPSA) is 12.4 Å². The van der Waals surface area contributed by atoms with Crippen molar-refractivity contribution < 1.29 is 0 Å². The van der Waals surface area contributed by atoms with Crippen LogP contribution in [-0.2, 0) is 0 Å². The van der Waals surface area contributed by atoms with E-state index >= 15 is 0 Å². The second kappa shape index (κ2) is 6.18. The van der Waals surface area contributed by atoms with E-state index in [2.05, 4.69) is 65.5 Å². The number of hydrogen-bond donors (Lipinski definition) is 0. The Kier molecular flexibility index (Phi) is 5.11. The van der Waals surface area contributed by atoms with E-state index in [-0.39, 0.29) is 0 Å². The molecule has 0 saturated heterocycles. The second-order valence-electron chi connectivity index (χ2n) is 6.55. The summed E-state index contributed by atoms with van der Waals surface area (Å²) in [5, 5.41) is 0. The number of nitrogens with zero attached hydrogens (tertiary/aromatic N) is 1. The van der Waals surface area contributed by atoms with E-state index < -0.39 is 0 Å². The van der Waals surface area contributed by atoms with Crippen LogP contribution in [0.1, 0.15) is 52.7 Å². The fraction of sp³-hybridized carbons (Fsp3) is 0.500. The molecule has 1 rings (SSSR count). The van der Waals surface area contributed by atoms with Crippen molar-refractivity contribution in [3.8, 4) is 0 Å². The van der Waals surface area contributed by atoms with Crippen LogP contribution in [0, 0.1) is 11.3 Å². The van der Waals surface area contributed by atoms with Gasteiger partial charge in [0.15, 0.2) is 0 Å². The lowest BCUT2D eigenvalue weighted by molar-refractivity contribution is 0.269. The molecule has 0 aliphatic rings. The summed E-state index contributed by atoms with van der Waals surface area (Å²) in [7, 11) is 0. The first kappa shape index (κ1) is 15.7. The van der Waals surface area contributed by atoms with Crippen LogP contribution in [0.2, 0.25) is 0 Å². The molecule has 1 atom stereocenters. The molecule has 0 fully saturated rings. The van der Waals surface area contributed by atoms with Gasteiger partial charge in [0.25, 0.3) is 0 Å². The van der Waals surface area contributed by atoms with Gasteiger partial charge >= 0.3 is 0 Å². The maximum atomic E-state index is 4.73. The van der Waals surface area contributed by atoms with E-state index in [4.69, 9.17) is 4.99 Å². The summed E-state index contributed by atoms with van der Waals surface area (Å²) >= 11 is 0. The minimum atomic E-state index is 0.313. The Morgan fingerprint density at radius 2 is 1.58 bits per heavy atom. The van der Waals surface area contributed by atoms with Crippen LogP contribution >= 0.6 is 0 Å². The lowest BCUT2D eigenvalue weighted by Gasteiger charge is -2.25. The highest BCUT2D eigenvalue weighted by molar-refractivity contribution is 5.98. The predicted molar refractivity (Wildman–Crippen MR) is 86.8 cm³/mol. The van der Waals surface area contributed by atoms with Crippen molar-refractivity contribution in [2.45, 2.75) is 41.5 Å². The molecule has 1 nitrogen and oxygen atoms in total. The molecule has 0 aliphatic carbocycles. The summed E-state index contributed by atoms with van der Waals surface area (Å²) < 4.78 is 0. The first-order valence-electron chi connectivity index (χ1n) is 6.99. The van der Waals surface area contributed by atoms with E-state index in [0.29, 0.717) is 11.3 Å². The molecule has 0 N–H and O–H groups in total. The van der Waals surface area contributed by atoms with Crippen molar-refractivity contribution >= 4 is 11.3 Å². The lowest BCUT2D eigenvalue weighted by atomic mass is 9.82. The van der Waals surface area contributed by atoms with Gasteiger partial charge in [-0.2, -0.15) is 0 Å². The summed E-state index contributed by atoms with van der Waals surface area (Å²) in [5.74, 6) is 0.581. The highest BCUT2D eigenvalue weighted by Crippen LogP contribution is 2.25. The molecule has 0 aliphatic heterocycles. The highest BCUT2D eigenvalue weighted by Gasteiger charge is 2.19. The molecule has 1 unspecified atom stereocenters. The van der Waals surface area contributed by atoms with Crippen molar-refractivity contribution in [2.24, 2.45) is 16.3 Å². The van der Waals surface area contributed by atoms with Crippen LogP contribution in [-0.4, -0.2) is 12.3 Å². The number of hydrogen-bond acceptors (Lipinski definition) is 1. The molecule has 0 aromatic heterocycles. The zero-order valence-corrected chi connectivity index (χ0v) is 13.2. The Bertz CT molecular complexity index is 457. The maximum absolute atomic E-state index is 4.73. The third kappa shape index (κ3) is 4.66. The Morgan fingerprint density at radius 1 is 1.11 bits per heavy atom. The molecule has 0 saturated carbocycles. The summed E-state index contributed by atoms with van der Waals surface area (Å²) in [6.45, 7) is 18.0. The standard InChI is InChI=1S/C18H27N/c1-13(2)16-8-10-17(11-9-16)15(4)19-12-14(3)18(5,6)7/h8-11,14H,1,12H2,2-7H3. The molecular formula is C18H27N. The number of allylic oxidation sites excluding steroid dienone is 1. The van der Waals surface area contributed by atoms with E-state index in [1.165, 1.54) is 11.1 Å². The third-order valence-corrected chi connectivity index (χ3v) is 3.88. The summed E-state index contributed by atoms with van der Waals surface area (Å²) in [4.78, 5) is 4.73. The zero-order chi connectivity index (χ0) is 14.6.